The number of anilines is 1. The Morgan fingerprint density at radius 1 is 1.23 bits per heavy atom. The quantitative estimate of drug-likeness (QED) is 0.358. The van der Waals surface area contributed by atoms with Crippen LogP contribution in [0.1, 0.15) is 30.6 Å². The highest BCUT2D eigenvalue weighted by Crippen LogP contribution is 2.18. The number of nitrogens with zero attached hydrogens (tertiary/aromatic N) is 5. The van der Waals surface area contributed by atoms with Gasteiger partial charge in [0, 0.05) is 37.2 Å². The molecule has 0 aliphatic rings. The van der Waals surface area contributed by atoms with Gasteiger partial charge in [-0.05, 0) is 38.0 Å². The van der Waals surface area contributed by atoms with Gasteiger partial charge >= 0.3 is 0 Å². The highest BCUT2D eigenvalue weighted by Gasteiger charge is 2.17. The first-order valence-corrected chi connectivity index (χ1v) is 13.0. The second-order valence-corrected chi connectivity index (χ2v) is 9.97. The fourth-order valence-electron chi connectivity index (χ4n) is 3.43. The topological polar surface area (TPSA) is 131 Å². The van der Waals surface area contributed by atoms with Gasteiger partial charge in [0.05, 0.1) is 26.0 Å². The number of hydrogen-bond donors (Lipinski definition) is 2. The standard InChI is InChI=1S/C23H31N7O4S/c1-17-14-21(28-23(26-17)30-13-11-24-16-30)29(12-5-10-25-35(4,32)33)15-22(31)27-18(2)19-6-8-20(34-3)9-7-19/h6-9,11,13-14,16,18,25H,5,10,12,15H2,1-4H3,(H,27,31). The van der Waals surface area contributed by atoms with Crippen LogP contribution in [0.4, 0.5) is 5.82 Å². The maximum Gasteiger partial charge on any atom is 0.240 e. The summed E-state index contributed by atoms with van der Waals surface area (Å²) in [5.74, 6) is 1.55. The van der Waals surface area contributed by atoms with Crippen LogP contribution in [0.15, 0.2) is 49.1 Å². The van der Waals surface area contributed by atoms with Crippen molar-refractivity contribution in [3.8, 4) is 11.7 Å². The molecule has 0 fully saturated rings. The van der Waals surface area contributed by atoms with E-state index in [9.17, 15) is 13.2 Å². The number of carbonyl (C=O) groups is 1. The summed E-state index contributed by atoms with van der Waals surface area (Å²) in [6.45, 7) is 4.45. The van der Waals surface area contributed by atoms with E-state index in [0.29, 0.717) is 24.7 Å². The Hall–Kier alpha value is -3.51. The van der Waals surface area contributed by atoms with Gasteiger partial charge in [0.15, 0.2) is 0 Å². The number of rotatable bonds is 12. The number of nitrogens with one attached hydrogen (secondary N) is 2. The average Bonchev–Trinajstić information content (AvgIpc) is 3.35. The second-order valence-electron chi connectivity index (χ2n) is 8.14. The van der Waals surface area contributed by atoms with Crippen molar-refractivity contribution in [3.05, 3.63) is 60.3 Å². The number of hydrogen-bond acceptors (Lipinski definition) is 8. The lowest BCUT2D eigenvalue weighted by molar-refractivity contribution is -0.120. The van der Waals surface area contributed by atoms with E-state index in [2.05, 4.69) is 25.0 Å². The molecule has 2 aromatic heterocycles. The van der Waals surface area contributed by atoms with Gasteiger partial charge in [-0.15, -0.1) is 0 Å². The molecule has 0 saturated heterocycles. The summed E-state index contributed by atoms with van der Waals surface area (Å²) < 4.78 is 32.2. The molecule has 2 heterocycles. The predicted molar refractivity (Wildman–Crippen MR) is 133 cm³/mol. The number of amides is 1. The smallest absolute Gasteiger partial charge is 0.240 e. The van der Waals surface area contributed by atoms with Gasteiger partial charge in [-0.25, -0.2) is 23.1 Å². The van der Waals surface area contributed by atoms with Crippen molar-refractivity contribution in [2.75, 3.05) is 37.9 Å². The van der Waals surface area contributed by atoms with Crippen molar-refractivity contribution in [1.29, 1.82) is 0 Å². The summed E-state index contributed by atoms with van der Waals surface area (Å²) in [5.41, 5.74) is 1.67. The zero-order valence-corrected chi connectivity index (χ0v) is 21.1. The van der Waals surface area contributed by atoms with E-state index in [0.717, 1.165) is 23.3 Å². The van der Waals surface area contributed by atoms with Crippen molar-refractivity contribution in [1.82, 2.24) is 29.6 Å². The minimum absolute atomic E-state index is 0.0409. The number of ether oxygens (including phenoxy) is 1. The molecule has 1 aromatic carbocycles. The highest BCUT2D eigenvalue weighted by molar-refractivity contribution is 7.88. The summed E-state index contributed by atoms with van der Waals surface area (Å²) in [6, 6.07) is 9.09. The van der Waals surface area contributed by atoms with Crippen LogP contribution in [-0.4, -0.2) is 66.8 Å². The van der Waals surface area contributed by atoms with E-state index < -0.39 is 10.0 Å². The van der Waals surface area contributed by atoms with Gasteiger partial charge in [-0.3, -0.25) is 9.36 Å². The molecule has 3 aromatic rings. The van der Waals surface area contributed by atoms with Gasteiger partial charge in [0.1, 0.15) is 17.9 Å². The normalized spacial score (nSPS) is 12.2. The second kappa shape index (κ2) is 11.8. The lowest BCUT2D eigenvalue weighted by Crippen LogP contribution is -2.40. The van der Waals surface area contributed by atoms with Crippen LogP contribution in [0.3, 0.4) is 0 Å². The van der Waals surface area contributed by atoms with Gasteiger partial charge < -0.3 is 15.0 Å². The van der Waals surface area contributed by atoms with Crippen molar-refractivity contribution in [2.24, 2.45) is 0 Å². The Morgan fingerprint density at radius 2 is 1.97 bits per heavy atom. The first-order chi connectivity index (χ1) is 16.6. The third-order valence-corrected chi connectivity index (χ3v) is 5.91. The number of carbonyl (C=O) groups excluding carboxylic acids is 1. The van der Waals surface area contributed by atoms with Crippen LogP contribution in [0, 0.1) is 6.92 Å². The molecular formula is C23H31N7O4S. The fraction of sp³-hybridized carbons (Fsp3) is 0.391. The van der Waals surface area contributed by atoms with E-state index in [-0.39, 0.29) is 25.0 Å². The van der Waals surface area contributed by atoms with Crippen LogP contribution < -0.4 is 19.7 Å². The predicted octanol–water partition coefficient (Wildman–Crippen LogP) is 1.60. The molecule has 0 radical (unpaired) electrons. The first kappa shape index (κ1) is 26.1. The molecule has 35 heavy (non-hydrogen) atoms. The number of aromatic nitrogens is 4. The van der Waals surface area contributed by atoms with E-state index >= 15 is 0 Å². The summed E-state index contributed by atoms with van der Waals surface area (Å²) in [7, 11) is -1.69. The summed E-state index contributed by atoms with van der Waals surface area (Å²) in [5, 5.41) is 3.01. The Bertz CT molecular complexity index is 1220. The minimum Gasteiger partial charge on any atom is -0.497 e. The minimum atomic E-state index is -3.30. The Morgan fingerprint density at radius 3 is 2.60 bits per heavy atom. The Kier molecular flexibility index (Phi) is 8.77. The number of methoxy groups -OCH3 is 1. The molecule has 0 saturated carbocycles. The third kappa shape index (κ3) is 8.04. The van der Waals surface area contributed by atoms with E-state index in [4.69, 9.17) is 4.74 Å². The molecule has 1 amide bonds. The number of sulfonamides is 1. The molecule has 3 rings (SSSR count). The van der Waals surface area contributed by atoms with Crippen LogP contribution >= 0.6 is 0 Å². The van der Waals surface area contributed by atoms with Gasteiger partial charge in [-0.1, -0.05) is 12.1 Å². The van der Waals surface area contributed by atoms with Gasteiger partial charge in [-0.2, -0.15) is 4.98 Å². The van der Waals surface area contributed by atoms with Crippen LogP contribution in [0.25, 0.3) is 5.95 Å². The SMILES string of the molecule is COc1ccc(C(C)NC(=O)CN(CCCNS(C)(=O)=O)c2cc(C)nc(-n3ccnc3)n2)cc1. The number of imidazole rings is 1. The first-order valence-electron chi connectivity index (χ1n) is 11.1. The van der Waals surface area contributed by atoms with Crippen LogP contribution in [0.2, 0.25) is 0 Å². The van der Waals surface area contributed by atoms with Crippen LogP contribution in [0.5, 0.6) is 5.75 Å². The molecule has 188 valence electrons. The van der Waals surface area contributed by atoms with Gasteiger partial charge in [0.2, 0.25) is 21.9 Å². The molecule has 0 aliphatic carbocycles. The van der Waals surface area contributed by atoms with E-state index in [1.807, 2.05) is 43.0 Å². The lowest BCUT2D eigenvalue weighted by Gasteiger charge is -2.25. The lowest BCUT2D eigenvalue weighted by atomic mass is 10.1. The maximum atomic E-state index is 13.0. The molecule has 11 nitrogen and oxygen atoms in total. The Labute approximate surface area is 205 Å². The Balaban J connectivity index is 1.75. The van der Waals surface area contributed by atoms with Crippen molar-refractivity contribution >= 4 is 21.7 Å². The van der Waals surface area contributed by atoms with E-state index in [1.165, 1.54) is 0 Å². The monoisotopic (exact) mass is 501 g/mol. The van der Waals surface area contributed by atoms with E-state index in [1.54, 1.807) is 36.5 Å². The molecule has 0 bridgehead atoms. The van der Waals surface area contributed by atoms with Gasteiger partial charge in [0.25, 0.3) is 0 Å². The highest BCUT2D eigenvalue weighted by atomic mass is 32.2. The van der Waals surface area contributed by atoms with Crippen LogP contribution in [-0.2, 0) is 14.8 Å². The summed E-state index contributed by atoms with van der Waals surface area (Å²) in [6.07, 6.45) is 6.57. The number of benzene rings is 1. The zero-order valence-electron chi connectivity index (χ0n) is 20.3. The maximum absolute atomic E-state index is 13.0. The largest absolute Gasteiger partial charge is 0.497 e. The molecule has 2 N–H and O–H groups in total. The summed E-state index contributed by atoms with van der Waals surface area (Å²) in [4.78, 5) is 27.9. The molecule has 1 atom stereocenters. The van der Waals surface area contributed by atoms with Crippen molar-refractivity contribution in [2.45, 2.75) is 26.3 Å². The fourth-order valence-corrected chi connectivity index (χ4v) is 3.95. The van der Waals surface area contributed by atoms with Crippen molar-refractivity contribution in [3.63, 3.8) is 0 Å². The summed E-state index contributed by atoms with van der Waals surface area (Å²) >= 11 is 0. The molecule has 0 spiro atoms. The average molecular weight is 502 g/mol. The molecule has 0 aliphatic heterocycles. The molecular weight excluding hydrogens is 470 g/mol. The van der Waals surface area contributed by atoms with Crippen molar-refractivity contribution < 1.29 is 17.9 Å². The molecule has 12 heteroatoms. The zero-order chi connectivity index (χ0) is 25.4. The number of aryl methyl sites for hydroxylation is 1. The third-order valence-electron chi connectivity index (χ3n) is 5.19. The molecule has 1 unspecified atom stereocenters.